The van der Waals surface area contributed by atoms with Gasteiger partial charge >= 0.3 is 0 Å². The van der Waals surface area contributed by atoms with Crippen molar-refractivity contribution in [2.75, 3.05) is 0 Å². The quantitative estimate of drug-likeness (QED) is 0.172. The average molecular weight is 716 g/mol. The van der Waals surface area contributed by atoms with E-state index in [1.807, 2.05) is 36.4 Å². The molecule has 0 fully saturated rings. The molecule has 3 heterocycles. The minimum Gasteiger partial charge on any atom is -0.307 e. The molecule has 262 valence electrons. The molecule has 0 aliphatic heterocycles. The molecule has 0 saturated heterocycles. The predicted octanol–water partition coefficient (Wildman–Crippen LogP) is 12.7. The molecule has 5 heteroatoms. The Bertz CT molecular complexity index is 3150. The smallest absolute Gasteiger partial charge is 0.238 e. The van der Waals surface area contributed by atoms with Crippen LogP contribution < -0.4 is 0 Å². The lowest BCUT2D eigenvalue weighted by atomic mass is 9.99. The van der Waals surface area contributed by atoms with Gasteiger partial charge in [-0.25, -0.2) is 4.98 Å². The maximum absolute atomic E-state index is 5.29. The molecule has 0 unspecified atom stereocenters. The molecule has 0 aliphatic carbocycles. The normalized spacial score (nSPS) is 11.6. The molecule has 0 amide bonds. The van der Waals surface area contributed by atoms with Crippen LogP contribution in [0.25, 0.3) is 100 Å². The minimum atomic E-state index is 0.565. The standard InChI is InChI=1S/C51H33N5/c1-5-15-34(16-6-1)35-25-27-36(28-26-35)39-29-32-46-44(33-39)43-31-30-42-41-23-13-14-24-45(41)55(40-21-11-4-12-22-40)47(42)48(43)56(46)51-53-49(37-17-7-2-8-18-37)52-50(54-51)38-19-9-3-10-20-38/h1-33H. The molecule has 0 radical (unpaired) electrons. The van der Waals surface area contributed by atoms with Crippen LogP contribution >= 0.6 is 0 Å². The first-order valence-corrected chi connectivity index (χ1v) is 18.9. The van der Waals surface area contributed by atoms with Crippen molar-refractivity contribution in [3.05, 3.63) is 200 Å². The highest BCUT2D eigenvalue weighted by Gasteiger charge is 2.24. The Labute approximate surface area is 323 Å². The lowest BCUT2D eigenvalue weighted by Crippen LogP contribution is -2.07. The van der Waals surface area contributed by atoms with Gasteiger partial charge in [-0.15, -0.1) is 0 Å². The van der Waals surface area contributed by atoms with Crippen LogP contribution in [0.15, 0.2) is 200 Å². The number of aromatic nitrogens is 5. The van der Waals surface area contributed by atoms with E-state index in [0.29, 0.717) is 17.6 Å². The second kappa shape index (κ2) is 13.0. The van der Waals surface area contributed by atoms with Crippen LogP contribution in [0.1, 0.15) is 0 Å². The Morgan fingerprint density at radius 3 is 1.36 bits per heavy atom. The van der Waals surface area contributed by atoms with Crippen molar-refractivity contribution in [3.63, 3.8) is 0 Å². The number of hydrogen-bond acceptors (Lipinski definition) is 3. The van der Waals surface area contributed by atoms with Crippen molar-refractivity contribution in [1.82, 2.24) is 24.1 Å². The Balaban J connectivity index is 1.24. The second-order valence-corrected chi connectivity index (χ2v) is 14.1. The van der Waals surface area contributed by atoms with Gasteiger partial charge in [0.2, 0.25) is 5.95 Å². The number of para-hydroxylation sites is 2. The molecule has 8 aromatic carbocycles. The van der Waals surface area contributed by atoms with Crippen molar-refractivity contribution in [2.45, 2.75) is 0 Å². The van der Waals surface area contributed by atoms with Gasteiger partial charge in [0.1, 0.15) is 0 Å². The fourth-order valence-electron chi connectivity index (χ4n) is 8.17. The first kappa shape index (κ1) is 31.9. The minimum absolute atomic E-state index is 0.565. The number of hydrogen-bond donors (Lipinski definition) is 0. The van der Waals surface area contributed by atoms with E-state index in [4.69, 9.17) is 15.0 Å². The molecule has 0 N–H and O–H groups in total. The largest absolute Gasteiger partial charge is 0.307 e. The van der Waals surface area contributed by atoms with Crippen molar-refractivity contribution < 1.29 is 0 Å². The van der Waals surface area contributed by atoms with Crippen LogP contribution in [-0.2, 0) is 0 Å². The summed E-state index contributed by atoms with van der Waals surface area (Å²) in [5.41, 5.74) is 12.0. The van der Waals surface area contributed by atoms with E-state index >= 15 is 0 Å². The third-order valence-corrected chi connectivity index (χ3v) is 10.8. The molecule has 0 atom stereocenters. The predicted molar refractivity (Wildman–Crippen MR) is 230 cm³/mol. The fourth-order valence-corrected chi connectivity index (χ4v) is 8.17. The zero-order chi connectivity index (χ0) is 37.0. The van der Waals surface area contributed by atoms with Crippen LogP contribution in [0.3, 0.4) is 0 Å². The molecule has 56 heavy (non-hydrogen) atoms. The van der Waals surface area contributed by atoms with Gasteiger partial charge in [-0.05, 0) is 52.6 Å². The zero-order valence-electron chi connectivity index (χ0n) is 30.3. The number of fused-ring (bicyclic) bond motifs is 7. The van der Waals surface area contributed by atoms with Crippen molar-refractivity contribution >= 4 is 43.6 Å². The third kappa shape index (κ3) is 5.21. The Morgan fingerprint density at radius 2 is 0.732 bits per heavy atom. The maximum Gasteiger partial charge on any atom is 0.238 e. The van der Waals surface area contributed by atoms with E-state index in [-0.39, 0.29) is 0 Å². The van der Waals surface area contributed by atoms with Crippen LogP contribution in [-0.4, -0.2) is 24.1 Å². The van der Waals surface area contributed by atoms with Crippen LogP contribution in [0.2, 0.25) is 0 Å². The second-order valence-electron chi connectivity index (χ2n) is 14.1. The Morgan fingerprint density at radius 1 is 0.286 bits per heavy atom. The van der Waals surface area contributed by atoms with E-state index in [1.165, 1.54) is 21.9 Å². The monoisotopic (exact) mass is 715 g/mol. The molecule has 0 bridgehead atoms. The van der Waals surface area contributed by atoms with Gasteiger partial charge in [-0.3, -0.25) is 4.57 Å². The van der Waals surface area contributed by atoms with Gasteiger partial charge in [-0.2, -0.15) is 9.97 Å². The summed E-state index contributed by atoms with van der Waals surface area (Å²) in [5.74, 6) is 1.81. The summed E-state index contributed by atoms with van der Waals surface area (Å²) < 4.78 is 4.65. The molecular formula is C51H33N5. The lowest BCUT2D eigenvalue weighted by Gasteiger charge is -2.13. The molecular weight excluding hydrogens is 683 g/mol. The van der Waals surface area contributed by atoms with Gasteiger partial charge in [0.25, 0.3) is 0 Å². The fraction of sp³-hybridized carbons (Fsp3) is 0. The van der Waals surface area contributed by atoms with Crippen LogP contribution in [0.4, 0.5) is 0 Å². The first-order chi connectivity index (χ1) is 27.8. The maximum atomic E-state index is 5.29. The summed E-state index contributed by atoms with van der Waals surface area (Å²) in [4.78, 5) is 15.6. The van der Waals surface area contributed by atoms with E-state index in [2.05, 4.69) is 173 Å². The molecule has 0 aliphatic rings. The highest BCUT2D eigenvalue weighted by atomic mass is 15.2. The van der Waals surface area contributed by atoms with E-state index < -0.39 is 0 Å². The Kier molecular flexibility index (Phi) is 7.42. The molecule has 3 aromatic heterocycles. The van der Waals surface area contributed by atoms with Crippen molar-refractivity contribution in [2.24, 2.45) is 0 Å². The number of benzene rings is 8. The van der Waals surface area contributed by atoms with Crippen LogP contribution in [0.5, 0.6) is 0 Å². The summed E-state index contributed by atoms with van der Waals surface area (Å²) in [7, 11) is 0. The average Bonchev–Trinajstić information content (AvgIpc) is 3.80. The molecule has 11 rings (SSSR count). The van der Waals surface area contributed by atoms with Gasteiger partial charge in [0, 0.05) is 38.4 Å². The summed E-state index contributed by atoms with van der Waals surface area (Å²) in [6, 6.07) is 70.4. The van der Waals surface area contributed by atoms with Gasteiger partial charge in [-0.1, -0.05) is 170 Å². The molecule has 5 nitrogen and oxygen atoms in total. The summed E-state index contributed by atoms with van der Waals surface area (Å²) in [5, 5.41) is 4.60. The molecule has 0 saturated carbocycles. The third-order valence-electron chi connectivity index (χ3n) is 10.8. The number of nitrogens with zero attached hydrogens (tertiary/aromatic N) is 5. The topological polar surface area (TPSA) is 48.5 Å². The van der Waals surface area contributed by atoms with Crippen molar-refractivity contribution in [1.29, 1.82) is 0 Å². The van der Waals surface area contributed by atoms with Crippen molar-refractivity contribution in [3.8, 4) is 56.7 Å². The van der Waals surface area contributed by atoms with E-state index in [1.54, 1.807) is 0 Å². The zero-order valence-corrected chi connectivity index (χ0v) is 30.3. The van der Waals surface area contributed by atoms with Gasteiger partial charge in [0.15, 0.2) is 11.6 Å². The first-order valence-electron chi connectivity index (χ1n) is 18.9. The summed E-state index contributed by atoms with van der Waals surface area (Å²) in [6.45, 7) is 0. The Hall–Kier alpha value is -7.63. The van der Waals surface area contributed by atoms with E-state index in [0.717, 1.165) is 60.8 Å². The summed E-state index contributed by atoms with van der Waals surface area (Å²) >= 11 is 0. The SMILES string of the molecule is c1ccc(-c2ccc(-c3ccc4c(c3)c3ccc5c6ccccc6n(-c6ccccc6)c5c3n4-c3nc(-c4ccccc4)nc(-c4ccccc4)n3)cc2)cc1. The highest BCUT2D eigenvalue weighted by molar-refractivity contribution is 6.24. The molecule has 11 aromatic rings. The van der Waals surface area contributed by atoms with Crippen LogP contribution in [0, 0.1) is 0 Å². The van der Waals surface area contributed by atoms with E-state index in [9.17, 15) is 0 Å². The summed E-state index contributed by atoms with van der Waals surface area (Å²) in [6.07, 6.45) is 0. The number of rotatable bonds is 6. The molecule has 0 spiro atoms. The van der Waals surface area contributed by atoms with Gasteiger partial charge in [0.05, 0.1) is 22.1 Å². The lowest BCUT2D eigenvalue weighted by molar-refractivity contribution is 0.953. The highest BCUT2D eigenvalue weighted by Crippen LogP contribution is 2.42. The van der Waals surface area contributed by atoms with Gasteiger partial charge < -0.3 is 4.57 Å².